The predicted octanol–water partition coefficient (Wildman–Crippen LogP) is 0.847. The van der Waals surface area contributed by atoms with Gasteiger partial charge in [-0.3, -0.25) is 5.32 Å². The first-order chi connectivity index (χ1) is 4.18. The third-order valence-electron chi connectivity index (χ3n) is 1.15. The van der Waals surface area contributed by atoms with Crippen molar-refractivity contribution in [1.82, 2.24) is 5.32 Å². The number of nitrogens with two attached hydrogens (primary N) is 1. The average molecular weight is 128 g/mol. The standard InChI is InChI=1S/C7H16N2/c1-4-5-9-7(8)6(2)3/h7,9H,2,4-5,8H2,1,3H3. The Morgan fingerprint density at radius 3 is 2.67 bits per heavy atom. The van der Waals surface area contributed by atoms with Gasteiger partial charge in [-0.15, -0.1) is 0 Å². The molecule has 0 aliphatic carbocycles. The summed E-state index contributed by atoms with van der Waals surface area (Å²) in [6, 6.07) is 0. The number of hydrogen-bond donors (Lipinski definition) is 2. The Labute approximate surface area is 57.1 Å². The maximum atomic E-state index is 5.59. The van der Waals surface area contributed by atoms with E-state index >= 15 is 0 Å². The van der Waals surface area contributed by atoms with Gasteiger partial charge in [0.25, 0.3) is 0 Å². The summed E-state index contributed by atoms with van der Waals surface area (Å²) in [5.41, 5.74) is 6.58. The molecule has 1 unspecified atom stereocenters. The van der Waals surface area contributed by atoms with Crippen molar-refractivity contribution in [2.45, 2.75) is 26.4 Å². The molecule has 3 N–H and O–H groups in total. The van der Waals surface area contributed by atoms with Crippen LogP contribution in [0.4, 0.5) is 0 Å². The minimum absolute atomic E-state index is 0.0232. The van der Waals surface area contributed by atoms with E-state index in [1.54, 1.807) is 0 Å². The fourth-order valence-corrected chi connectivity index (χ4v) is 0.474. The Morgan fingerprint density at radius 1 is 1.78 bits per heavy atom. The molecule has 0 saturated heterocycles. The Morgan fingerprint density at radius 2 is 2.33 bits per heavy atom. The molecule has 0 fully saturated rings. The maximum absolute atomic E-state index is 5.59. The van der Waals surface area contributed by atoms with Crippen molar-refractivity contribution in [2.24, 2.45) is 5.73 Å². The Hall–Kier alpha value is -0.340. The molecule has 0 spiro atoms. The quantitative estimate of drug-likeness (QED) is 0.435. The molecule has 0 aliphatic heterocycles. The fourth-order valence-electron chi connectivity index (χ4n) is 0.474. The highest BCUT2D eigenvalue weighted by molar-refractivity contribution is 4.97. The molecule has 0 aromatic heterocycles. The summed E-state index contributed by atoms with van der Waals surface area (Å²) in [6.07, 6.45) is 1.09. The second-order valence-electron chi connectivity index (χ2n) is 2.28. The molecule has 2 heteroatoms. The maximum Gasteiger partial charge on any atom is 0.0763 e. The molecule has 0 aromatic carbocycles. The molecule has 0 rings (SSSR count). The average Bonchev–Trinajstić information content (AvgIpc) is 1.82. The van der Waals surface area contributed by atoms with E-state index in [2.05, 4.69) is 18.8 Å². The van der Waals surface area contributed by atoms with Gasteiger partial charge < -0.3 is 5.73 Å². The van der Waals surface area contributed by atoms with Crippen LogP contribution in [-0.2, 0) is 0 Å². The summed E-state index contributed by atoms with van der Waals surface area (Å²) in [6.45, 7) is 8.72. The normalized spacial score (nSPS) is 13.2. The zero-order chi connectivity index (χ0) is 7.28. The minimum atomic E-state index is -0.0232. The van der Waals surface area contributed by atoms with Crippen LogP contribution >= 0.6 is 0 Å². The van der Waals surface area contributed by atoms with Gasteiger partial charge >= 0.3 is 0 Å². The first-order valence-electron chi connectivity index (χ1n) is 3.32. The van der Waals surface area contributed by atoms with Gasteiger partial charge in [0.2, 0.25) is 0 Å². The van der Waals surface area contributed by atoms with Gasteiger partial charge in [-0.1, -0.05) is 13.5 Å². The van der Waals surface area contributed by atoms with Crippen molar-refractivity contribution in [3.8, 4) is 0 Å². The smallest absolute Gasteiger partial charge is 0.0763 e. The van der Waals surface area contributed by atoms with E-state index in [4.69, 9.17) is 5.73 Å². The zero-order valence-corrected chi connectivity index (χ0v) is 6.28. The third kappa shape index (κ3) is 4.18. The highest BCUT2D eigenvalue weighted by Gasteiger charge is 1.97. The second kappa shape index (κ2) is 4.53. The summed E-state index contributed by atoms with van der Waals surface area (Å²) >= 11 is 0. The molecule has 2 nitrogen and oxygen atoms in total. The minimum Gasteiger partial charge on any atom is -0.312 e. The second-order valence-corrected chi connectivity index (χ2v) is 2.28. The molecule has 0 bridgehead atoms. The predicted molar refractivity (Wildman–Crippen MR) is 41.1 cm³/mol. The summed E-state index contributed by atoms with van der Waals surface area (Å²) in [5, 5.41) is 3.11. The van der Waals surface area contributed by atoms with Crippen LogP contribution in [0.5, 0.6) is 0 Å². The summed E-state index contributed by atoms with van der Waals surface area (Å²) in [7, 11) is 0. The van der Waals surface area contributed by atoms with Crippen molar-refractivity contribution in [2.75, 3.05) is 6.54 Å². The van der Waals surface area contributed by atoms with Crippen LogP contribution < -0.4 is 11.1 Å². The van der Waals surface area contributed by atoms with Crippen LogP contribution in [0.1, 0.15) is 20.3 Å². The van der Waals surface area contributed by atoms with Gasteiger partial charge in [0.05, 0.1) is 6.17 Å². The molecule has 9 heavy (non-hydrogen) atoms. The van der Waals surface area contributed by atoms with E-state index in [1.807, 2.05) is 6.92 Å². The van der Waals surface area contributed by atoms with Crippen molar-refractivity contribution < 1.29 is 0 Å². The number of nitrogens with one attached hydrogen (secondary N) is 1. The lowest BCUT2D eigenvalue weighted by Crippen LogP contribution is -2.38. The van der Waals surface area contributed by atoms with Gasteiger partial charge in [0.15, 0.2) is 0 Å². The largest absolute Gasteiger partial charge is 0.312 e. The van der Waals surface area contributed by atoms with Gasteiger partial charge in [-0.25, -0.2) is 0 Å². The summed E-state index contributed by atoms with van der Waals surface area (Å²) in [4.78, 5) is 0. The molecule has 0 aromatic rings. The van der Waals surface area contributed by atoms with E-state index in [-0.39, 0.29) is 6.17 Å². The molecule has 54 valence electrons. The molecule has 0 amide bonds. The zero-order valence-electron chi connectivity index (χ0n) is 6.28. The first kappa shape index (κ1) is 8.66. The van der Waals surface area contributed by atoms with Crippen molar-refractivity contribution in [1.29, 1.82) is 0 Å². The van der Waals surface area contributed by atoms with E-state index < -0.39 is 0 Å². The summed E-state index contributed by atoms with van der Waals surface area (Å²) < 4.78 is 0. The van der Waals surface area contributed by atoms with Crippen LogP contribution in [0.25, 0.3) is 0 Å². The van der Waals surface area contributed by atoms with E-state index in [1.165, 1.54) is 0 Å². The van der Waals surface area contributed by atoms with Crippen molar-refractivity contribution >= 4 is 0 Å². The topological polar surface area (TPSA) is 38.0 Å². The van der Waals surface area contributed by atoms with Gasteiger partial charge in [-0.2, -0.15) is 0 Å². The molecule has 0 aliphatic rings. The van der Waals surface area contributed by atoms with Crippen LogP contribution in [-0.4, -0.2) is 12.7 Å². The van der Waals surface area contributed by atoms with Gasteiger partial charge in [0, 0.05) is 0 Å². The molecular weight excluding hydrogens is 112 g/mol. The lowest BCUT2D eigenvalue weighted by Gasteiger charge is -2.11. The van der Waals surface area contributed by atoms with Gasteiger partial charge in [0.1, 0.15) is 0 Å². The van der Waals surface area contributed by atoms with E-state index in [0.717, 1.165) is 18.5 Å². The number of hydrogen-bond acceptors (Lipinski definition) is 2. The van der Waals surface area contributed by atoms with Gasteiger partial charge in [-0.05, 0) is 25.5 Å². The van der Waals surface area contributed by atoms with Crippen LogP contribution in [0.2, 0.25) is 0 Å². The number of rotatable bonds is 4. The Bertz CT molecular complexity index is 88.9. The molecule has 1 atom stereocenters. The molecule has 0 radical (unpaired) electrons. The molecule has 0 heterocycles. The van der Waals surface area contributed by atoms with E-state index in [0.29, 0.717) is 0 Å². The van der Waals surface area contributed by atoms with Crippen LogP contribution in [0.3, 0.4) is 0 Å². The monoisotopic (exact) mass is 128 g/mol. The van der Waals surface area contributed by atoms with Crippen LogP contribution in [0.15, 0.2) is 12.2 Å². The van der Waals surface area contributed by atoms with Crippen molar-refractivity contribution in [3.63, 3.8) is 0 Å². The molecule has 0 saturated carbocycles. The highest BCUT2D eigenvalue weighted by atomic mass is 15.0. The lowest BCUT2D eigenvalue weighted by molar-refractivity contribution is 0.583. The Balaban J connectivity index is 3.27. The SMILES string of the molecule is C=C(C)C(N)NCCC. The Kier molecular flexibility index (Phi) is 4.36. The molecular formula is C7H16N2. The fraction of sp³-hybridized carbons (Fsp3) is 0.714. The van der Waals surface area contributed by atoms with Crippen molar-refractivity contribution in [3.05, 3.63) is 12.2 Å². The highest BCUT2D eigenvalue weighted by Crippen LogP contribution is 1.88. The summed E-state index contributed by atoms with van der Waals surface area (Å²) in [5.74, 6) is 0. The first-order valence-corrected chi connectivity index (χ1v) is 3.32. The van der Waals surface area contributed by atoms with E-state index in [9.17, 15) is 0 Å². The third-order valence-corrected chi connectivity index (χ3v) is 1.15. The lowest BCUT2D eigenvalue weighted by atomic mass is 10.3. The van der Waals surface area contributed by atoms with Crippen LogP contribution in [0, 0.1) is 0 Å².